The number of aryl methyl sites for hydroxylation is 1. The normalized spacial score (nSPS) is 16.8. The van der Waals surface area contributed by atoms with Gasteiger partial charge in [-0.1, -0.05) is 26.7 Å². The first-order valence-corrected chi connectivity index (χ1v) is 6.71. The van der Waals surface area contributed by atoms with Crippen molar-refractivity contribution in [3.05, 3.63) is 18.2 Å². The Morgan fingerprint density at radius 1 is 1.44 bits per heavy atom. The van der Waals surface area contributed by atoms with Gasteiger partial charge in [-0.2, -0.15) is 0 Å². The van der Waals surface area contributed by atoms with Gasteiger partial charge in [-0.3, -0.25) is 0 Å². The third-order valence-electron chi connectivity index (χ3n) is 3.48. The van der Waals surface area contributed by atoms with Gasteiger partial charge >= 0.3 is 0 Å². The lowest BCUT2D eigenvalue weighted by molar-refractivity contribution is -0.0753. The van der Waals surface area contributed by atoms with Crippen LogP contribution < -0.4 is 0 Å². The molecule has 0 aliphatic rings. The van der Waals surface area contributed by atoms with Gasteiger partial charge in [-0.15, -0.1) is 0 Å². The van der Waals surface area contributed by atoms with Crippen LogP contribution in [0.15, 0.2) is 12.4 Å². The number of imidazole rings is 1. The number of nitrogens with zero attached hydrogens (tertiary/aromatic N) is 2. The minimum Gasteiger partial charge on any atom is -0.388 e. The van der Waals surface area contributed by atoms with Gasteiger partial charge in [0.1, 0.15) is 11.9 Å². The molecule has 1 rings (SSSR count). The number of aliphatic hydroxyl groups excluding tert-OH is 1. The number of aliphatic hydroxyl groups is 2. The van der Waals surface area contributed by atoms with Crippen LogP contribution in [0, 0.1) is 12.8 Å². The number of aromatic nitrogens is 2. The summed E-state index contributed by atoms with van der Waals surface area (Å²) in [6, 6.07) is 0. The molecule has 1 heterocycles. The molecule has 1 aromatic heterocycles. The molecule has 18 heavy (non-hydrogen) atoms. The van der Waals surface area contributed by atoms with E-state index in [9.17, 15) is 10.2 Å². The summed E-state index contributed by atoms with van der Waals surface area (Å²) in [6.07, 6.45) is 5.40. The topological polar surface area (TPSA) is 58.3 Å². The summed E-state index contributed by atoms with van der Waals surface area (Å²) in [5.74, 6) is 1.49. The van der Waals surface area contributed by atoms with E-state index in [4.69, 9.17) is 0 Å². The molecule has 2 atom stereocenters. The summed E-state index contributed by atoms with van der Waals surface area (Å²) in [5, 5.41) is 20.4. The first-order valence-electron chi connectivity index (χ1n) is 6.71. The Labute approximate surface area is 110 Å². The van der Waals surface area contributed by atoms with Gasteiger partial charge in [0.05, 0.1) is 12.1 Å². The number of rotatable bonds is 7. The Morgan fingerprint density at radius 2 is 2.11 bits per heavy atom. The molecule has 4 heteroatoms. The van der Waals surface area contributed by atoms with E-state index in [0.29, 0.717) is 18.9 Å². The van der Waals surface area contributed by atoms with Crippen molar-refractivity contribution in [3.8, 4) is 0 Å². The molecule has 104 valence electrons. The second kappa shape index (κ2) is 6.34. The highest BCUT2D eigenvalue weighted by Crippen LogP contribution is 2.21. The average Bonchev–Trinajstić information content (AvgIpc) is 2.63. The van der Waals surface area contributed by atoms with Crippen molar-refractivity contribution in [1.82, 2.24) is 9.55 Å². The molecule has 0 spiro atoms. The molecular formula is C14H26N2O2. The van der Waals surface area contributed by atoms with Crippen LogP contribution >= 0.6 is 0 Å². The van der Waals surface area contributed by atoms with E-state index >= 15 is 0 Å². The zero-order valence-electron chi connectivity index (χ0n) is 11.9. The maximum Gasteiger partial charge on any atom is 0.105 e. The van der Waals surface area contributed by atoms with Gasteiger partial charge in [-0.05, 0) is 26.2 Å². The van der Waals surface area contributed by atoms with Crippen molar-refractivity contribution < 1.29 is 10.2 Å². The molecule has 2 N–H and O–H groups in total. The molecule has 2 unspecified atom stereocenters. The van der Waals surface area contributed by atoms with Gasteiger partial charge in [0.15, 0.2) is 0 Å². The van der Waals surface area contributed by atoms with Crippen LogP contribution in [-0.2, 0) is 6.54 Å². The van der Waals surface area contributed by atoms with E-state index < -0.39 is 11.7 Å². The maximum atomic E-state index is 10.3. The van der Waals surface area contributed by atoms with Crippen LogP contribution in [0.2, 0.25) is 0 Å². The van der Waals surface area contributed by atoms with Crippen LogP contribution in [0.3, 0.4) is 0 Å². The summed E-state index contributed by atoms with van der Waals surface area (Å²) in [6.45, 7) is 8.32. The van der Waals surface area contributed by atoms with Gasteiger partial charge in [0.2, 0.25) is 0 Å². The standard InChI is InChI=1S/C14H26N2O2/c1-11(2)6-5-7-14(4,18)13(17)10-16-9-8-15-12(16)3/h8-9,11,13,17-18H,5-7,10H2,1-4H3. The lowest BCUT2D eigenvalue weighted by Crippen LogP contribution is -2.42. The Hall–Kier alpha value is -0.870. The highest BCUT2D eigenvalue weighted by Gasteiger charge is 2.30. The zero-order chi connectivity index (χ0) is 13.8. The molecule has 0 fully saturated rings. The molecule has 0 amide bonds. The summed E-state index contributed by atoms with van der Waals surface area (Å²) >= 11 is 0. The highest BCUT2D eigenvalue weighted by atomic mass is 16.3. The van der Waals surface area contributed by atoms with Crippen molar-refractivity contribution in [2.24, 2.45) is 5.92 Å². The predicted molar refractivity (Wildman–Crippen MR) is 72.3 cm³/mol. The van der Waals surface area contributed by atoms with Crippen LogP contribution in [0.5, 0.6) is 0 Å². The smallest absolute Gasteiger partial charge is 0.105 e. The molecule has 0 aliphatic carbocycles. The lowest BCUT2D eigenvalue weighted by Gasteiger charge is -2.30. The molecule has 0 saturated heterocycles. The third-order valence-corrected chi connectivity index (χ3v) is 3.48. The second-order valence-corrected chi connectivity index (χ2v) is 5.79. The fourth-order valence-corrected chi connectivity index (χ4v) is 2.01. The van der Waals surface area contributed by atoms with E-state index in [0.717, 1.165) is 18.7 Å². The fourth-order valence-electron chi connectivity index (χ4n) is 2.01. The zero-order valence-corrected chi connectivity index (χ0v) is 11.9. The van der Waals surface area contributed by atoms with Crippen LogP contribution in [0.25, 0.3) is 0 Å². The Bertz CT molecular complexity index is 358. The highest BCUT2D eigenvalue weighted by molar-refractivity contribution is 4.91. The molecule has 0 saturated carbocycles. The Morgan fingerprint density at radius 3 is 2.61 bits per heavy atom. The number of hydrogen-bond donors (Lipinski definition) is 2. The third kappa shape index (κ3) is 4.42. The molecular weight excluding hydrogens is 228 g/mol. The Kier molecular flexibility index (Phi) is 5.35. The SMILES string of the molecule is Cc1nccn1CC(O)C(C)(O)CCCC(C)C. The molecule has 0 aliphatic heterocycles. The Balaban J connectivity index is 2.48. The molecule has 4 nitrogen and oxygen atoms in total. The van der Waals surface area contributed by atoms with E-state index in [2.05, 4.69) is 18.8 Å². The van der Waals surface area contributed by atoms with Crippen molar-refractivity contribution >= 4 is 0 Å². The van der Waals surface area contributed by atoms with E-state index in [1.165, 1.54) is 0 Å². The molecule has 0 aromatic carbocycles. The number of hydrogen-bond acceptors (Lipinski definition) is 3. The van der Waals surface area contributed by atoms with Crippen LogP contribution in [0.4, 0.5) is 0 Å². The van der Waals surface area contributed by atoms with Crippen molar-refractivity contribution in [1.29, 1.82) is 0 Å². The van der Waals surface area contributed by atoms with Gasteiger partial charge in [0, 0.05) is 12.4 Å². The monoisotopic (exact) mass is 254 g/mol. The van der Waals surface area contributed by atoms with Crippen LogP contribution in [0.1, 0.15) is 45.9 Å². The van der Waals surface area contributed by atoms with Crippen LogP contribution in [-0.4, -0.2) is 31.5 Å². The van der Waals surface area contributed by atoms with Gasteiger partial charge in [-0.25, -0.2) is 4.98 Å². The minimum absolute atomic E-state index is 0.389. The maximum absolute atomic E-state index is 10.3. The molecule has 0 bridgehead atoms. The van der Waals surface area contributed by atoms with Gasteiger partial charge < -0.3 is 14.8 Å². The lowest BCUT2D eigenvalue weighted by atomic mass is 9.91. The quantitative estimate of drug-likeness (QED) is 0.783. The van der Waals surface area contributed by atoms with Crippen molar-refractivity contribution in [2.45, 2.75) is 65.2 Å². The molecule has 0 radical (unpaired) electrons. The van der Waals surface area contributed by atoms with Gasteiger partial charge in [0.25, 0.3) is 0 Å². The van der Waals surface area contributed by atoms with E-state index in [1.54, 1.807) is 13.1 Å². The summed E-state index contributed by atoms with van der Waals surface area (Å²) in [5.41, 5.74) is -1.04. The summed E-state index contributed by atoms with van der Waals surface area (Å²) in [4.78, 5) is 4.11. The largest absolute Gasteiger partial charge is 0.388 e. The predicted octanol–water partition coefficient (Wildman–Crippen LogP) is 2.13. The van der Waals surface area contributed by atoms with E-state index in [-0.39, 0.29) is 0 Å². The molecule has 1 aromatic rings. The second-order valence-electron chi connectivity index (χ2n) is 5.79. The van der Waals surface area contributed by atoms with E-state index in [1.807, 2.05) is 17.7 Å². The first kappa shape index (κ1) is 15.2. The summed E-state index contributed by atoms with van der Waals surface area (Å²) < 4.78 is 1.86. The first-order chi connectivity index (χ1) is 8.33. The average molecular weight is 254 g/mol. The van der Waals surface area contributed by atoms with Crippen molar-refractivity contribution in [3.63, 3.8) is 0 Å². The summed E-state index contributed by atoms with van der Waals surface area (Å²) in [7, 11) is 0. The minimum atomic E-state index is -1.04. The fraction of sp³-hybridized carbons (Fsp3) is 0.786. The van der Waals surface area contributed by atoms with Crippen molar-refractivity contribution in [2.75, 3.05) is 0 Å².